The minimum atomic E-state index is -0.633. The molecular weight excluding hydrogens is 285 g/mol. The fourth-order valence-corrected chi connectivity index (χ4v) is 3.07. The van der Waals surface area contributed by atoms with Gasteiger partial charge in [0.1, 0.15) is 11.6 Å². The first-order valence-electron chi connectivity index (χ1n) is 7.06. The van der Waals surface area contributed by atoms with E-state index in [2.05, 4.69) is 20.5 Å². The van der Waals surface area contributed by atoms with Gasteiger partial charge in [0.05, 0.1) is 12.0 Å². The van der Waals surface area contributed by atoms with E-state index in [-0.39, 0.29) is 29.6 Å². The number of nitrogens with one attached hydrogen (secondary N) is 2. The number of rotatable bonds is 4. The smallest absolute Gasteiger partial charge is 0.239 e. The SMILES string of the molecule is CC1(C)CC1(C(=O)NCc1nc(N)n[nH]1)c1ccc(F)cc1. The number of hydrogen-bond donors (Lipinski definition) is 3. The molecule has 0 spiro atoms. The highest BCUT2D eigenvalue weighted by atomic mass is 19.1. The Morgan fingerprint density at radius 2 is 2.05 bits per heavy atom. The number of carbonyl (C=O) groups excluding carboxylic acids is 1. The zero-order valence-electron chi connectivity index (χ0n) is 12.5. The summed E-state index contributed by atoms with van der Waals surface area (Å²) < 4.78 is 13.1. The summed E-state index contributed by atoms with van der Waals surface area (Å²) in [6, 6.07) is 6.12. The molecule has 116 valence electrons. The summed E-state index contributed by atoms with van der Waals surface area (Å²) in [6.07, 6.45) is 0.718. The maximum atomic E-state index is 13.1. The number of carbonyl (C=O) groups is 1. The van der Waals surface area contributed by atoms with Gasteiger partial charge in [-0.1, -0.05) is 26.0 Å². The van der Waals surface area contributed by atoms with Gasteiger partial charge in [-0.15, -0.1) is 5.10 Å². The lowest BCUT2D eigenvalue weighted by Gasteiger charge is -2.20. The van der Waals surface area contributed by atoms with Crippen molar-refractivity contribution in [3.63, 3.8) is 0 Å². The molecule has 1 unspecified atom stereocenters. The number of amides is 1. The van der Waals surface area contributed by atoms with Crippen molar-refractivity contribution in [2.24, 2.45) is 5.41 Å². The van der Waals surface area contributed by atoms with Crippen LogP contribution in [0.5, 0.6) is 0 Å². The van der Waals surface area contributed by atoms with Crippen molar-refractivity contribution in [1.29, 1.82) is 0 Å². The van der Waals surface area contributed by atoms with Gasteiger partial charge in [0.2, 0.25) is 11.9 Å². The maximum Gasteiger partial charge on any atom is 0.239 e. The van der Waals surface area contributed by atoms with Crippen LogP contribution in [0, 0.1) is 11.2 Å². The molecule has 1 atom stereocenters. The summed E-state index contributed by atoms with van der Waals surface area (Å²) in [6.45, 7) is 4.28. The molecule has 1 aromatic carbocycles. The Morgan fingerprint density at radius 3 is 2.55 bits per heavy atom. The zero-order valence-corrected chi connectivity index (χ0v) is 12.5. The van der Waals surface area contributed by atoms with Gasteiger partial charge in [-0.05, 0) is 29.5 Å². The Hall–Kier alpha value is -2.44. The number of aromatic amines is 1. The van der Waals surface area contributed by atoms with Crippen LogP contribution < -0.4 is 11.1 Å². The average Bonchev–Trinajstić information content (AvgIpc) is 2.84. The number of nitrogens with two attached hydrogens (primary N) is 1. The lowest BCUT2D eigenvalue weighted by molar-refractivity contribution is -0.124. The first-order valence-corrected chi connectivity index (χ1v) is 7.06. The molecule has 1 aliphatic rings. The molecule has 1 heterocycles. The molecule has 3 rings (SSSR count). The van der Waals surface area contributed by atoms with Gasteiger partial charge in [0.25, 0.3) is 0 Å². The van der Waals surface area contributed by atoms with Crippen LogP contribution in [0.2, 0.25) is 0 Å². The highest BCUT2D eigenvalue weighted by Crippen LogP contribution is 2.64. The summed E-state index contributed by atoms with van der Waals surface area (Å²) in [5, 5.41) is 9.23. The van der Waals surface area contributed by atoms with E-state index in [0.717, 1.165) is 12.0 Å². The summed E-state index contributed by atoms with van der Waals surface area (Å²) in [7, 11) is 0. The second kappa shape index (κ2) is 4.79. The third-order valence-electron chi connectivity index (χ3n) is 4.43. The van der Waals surface area contributed by atoms with E-state index < -0.39 is 5.41 Å². The Labute approximate surface area is 127 Å². The average molecular weight is 303 g/mol. The topological polar surface area (TPSA) is 96.7 Å². The summed E-state index contributed by atoms with van der Waals surface area (Å²) in [4.78, 5) is 16.7. The highest BCUT2D eigenvalue weighted by Gasteiger charge is 2.66. The lowest BCUT2D eigenvalue weighted by Crippen LogP contribution is -2.37. The number of nitrogen functional groups attached to an aromatic ring is 1. The number of halogens is 1. The number of benzene rings is 1. The molecule has 1 aromatic heterocycles. The Morgan fingerprint density at radius 1 is 1.41 bits per heavy atom. The van der Waals surface area contributed by atoms with Crippen molar-refractivity contribution >= 4 is 11.9 Å². The molecule has 7 heteroatoms. The third kappa shape index (κ3) is 2.22. The lowest BCUT2D eigenvalue weighted by atomic mass is 9.87. The van der Waals surface area contributed by atoms with Crippen LogP contribution in [0.3, 0.4) is 0 Å². The van der Waals surface area contributed by atoms with E-state index in [4.69, 9.17) is 5.73 Å². The predicted octanol–water partition coefficient (Wildman–Crippen LogP) is 1.51. The summed E-state index contributed by atoms with van der Waals surface area (Å²) in [5.74, 6) is 0.233. The Balaban J connectivity index is 1.79. The van der Waals surface area contributed by atoms with E-state index in [1.165, 1.54) is 12.1 Å². The molecule has 1 fully saturated rings. The van der Waals surface area contributed by atoms with Crippen molar-refractivity contribution in [3.8, 4) is 0 Å². The number of aromatic nitrogens is 3. The third-order valence-corrected chi connectivity index (χ3v) is 4.43. The monoisotopic (exact) mass is 303 g/mol. The van der Waals surface area contributed by atoms with Crippen molar-refractivity contribution in [2.45, 2.75) is 32.2 Å². The molecule has 0 bridgehead atoms. The van der Waals surface area contributed by atoms with Gasteiger partial charge in [-0.2, -0.15) is 4.98 Å². The molecule has 0 aliphatic heterocycles. The van der Waals surface area contributed by atoms with Crippen molar-refractivity contribution in [2.75, 3.05) is 5.73 Å². The number of anilines is 1. The molecule has 6 nitrogen and oxygen atoms in total. The second-order valence-corrected chi connectivity index (χ2v) is 6.30. The second-order valence-electron chi connectivity index (χ2n) is 6.30. The zero-order chi connectivity index (χ0) is 16.0. The molecule has 1 aliphatic carbocycles. The summed E-state index contributed by atoms with van der Waals surface area (Å²) in [5.41, 5.74) is 5.45. The summed E-state index contributed by atoms with van der Waals surface area (Å²) >= 11 is 0. The van der Waals surface area contributed by atoms with Gasteiger partial charge in [-0.3, -0.25) is 9.89 Å². The molecule has 2 aromatic rings. The van der Waals surface area contributed by atoms with E-state index >= 15 is 0 Å². The van der Waals surface area contributed by atoms with Crippen LogP contribution in [0.4, 0.5) is 10.3 Å². The Bertz CT molecular complexity index is 709. The quantitative estimate of drug-likeness (QED) is 0.797. The molecule has 1 amide bonds. The standard InChI is InChI=1S/C15H18FN5O/c1-14(2)8-15(14,9-3-5-10(16)6-4-9)12(22)18-7-11-19-13(17)21-20-11/h3-6H,7-8H2,1-2H3,(H,18,22)(H3,17,19,20,21). The molecule has 4 N–H and O–H groups in total. The molecule has 0 radical (unpaired) electrons. The van der Waals surface area contributed by atoms with Crippen molar-refractivity contribution in [1.82, 2.24) is 20.5 Å². The van der Waals surface area contributed by atoms with Crippen LogP contribution in [-0.4, -0.2) is 21.1 Å². The van der Waals surface area contributed by atoms with E-state index in [0.29, 0.717) is 5.82 Å². The largest absolute Gasteiger partial charge is 0.367 e. The normalized spacial score (nSPS) is 22.3. The van der Waals surface area contributed by atoms with E-state index in [1.54, 1.807) is 12.1 Å². The first kappa shape index (κ1) is 14.5. The minimum Gasteiger partial charge on any atom is -0.367 e. The molecule has 22 heavy (non-hydrogen) atoms. The van der Waals surface area contributed by atoms with Crippen LogP contribution in [0.15, 0.2) is 24.3 Å². The highest BCUT2D eigenvalue weighted by molar-refractivity contribution is 5.93. The van der Waals surface area contributed by atoms with Crippen molar-refractivity contribution < 1.29 is 9.18 Å². The van der Waals surface area contributed by atoms with Crippen LogP contribution in [0.25, 0.3) is 0 Å². The number of hydrogen-bond acceptors (Lipinski definition) is 4. The Kier molecular flexibility index (Phi) is 3.16. The fraction of sp³-hybridized carbons (Fsp3) is 0.400. The fourth-order valence-electron chi connectivity index (χ4n) is 3.07. The maximum absolute atomic E-state index is 13.1. The molecule has 1 saturated carbocycles. The molecular formula is C15H18FN5O. The van der Waals surface area contributed by atoms with Gasteiger partial charge in [0, 0.05) is 0 Å². The van der Waals surface area contributed by atoms with Crippen LogP contribution >= 0.6 is 0 Å². The first-order chi connectivity index (χ1) is 10.3. The van der Waals surface area contributed by atoms with E-state index in [9.17, 15) is 9.18 Å². The number of nitrogens with zero attached hydrogens (tertiary/aromatic N) is 2. The van der Waals surface area contributed by atoms with Gasteiger partial charge in [-0.25, -0.2) is 4.39 Å². The van der Waals surface area contributed by atoms with Crippen LogP contribution in [0.1, 0.15) is 31.7 Å². The minimum absolute atomic E-state index is 0.0981. The van der Waals surface area contributed by atoms with Gasteiger partial charge >= 0.3 is 0 Å². The van der Waals surface area contributed by atoms with Gasteiger partial charge in [0.15, 0.2) is 0 Å². The van der Waals surface area contributed by atoms with E-state index in [1.807, 2.05) is 13.8 Å². The predicted molar refractivity (Wildman–Crippen MR) is 79.1 cm³/mol. The van der Waals surface area contributed by atoms with Gasteiger partial charge < -0.3 is 11.1 Å². The van der Waals surface area contributed by atoms with Crippen molar-refractivity contribution in [3.05, 3.63) is 41.5 Å². The van der Waals surface area contributed by atoms with Crippen LogP contribution in [-0.2, 0) is 16.8 Å². The number of H-pyrrole nitrogens is 1. The molecule has 0 saturated heterocycles.